The van der Waals surface area contributed by atoms with E-state index in [1.54, 1.807) is 0 Å². The molecule has 1 amide bonds. The third kappa shape index (κ3) is 5.17. The Morgan fingerprint density at radius 3 is 2.48 bits per heavy atom. The molecule has 3 heterocycles. The fourth-order valence-corrected chi connectivity index (χ4v) is 5.77. The van der Waals surface area contributed by atoms with Crippen LogP contribution in [0.5, 0.6) is 0 Å². The first-order valence-electron chi connectivity index (χ1n) is 12.3. The van der Waals surface area contributed by atoms with Crippen LogP contribution < -0.4 is 4.90 Å². The molecular weight excluding hydrogens is 432 g/mol. The second-order valence-electron chi connectivity index (χ2n) is 9.86. The van der Waals surface area contributed by atoms with Gasteiger partial charge in [0.15, 0.2) is 5.78 Å². The van der Waals surface area contributed by atoms with Gasteiger partial charge >= 0.3 is 0 Å². The van der Waals surface area contributed by atoms with E-state index in [1.165, 1.54) is 35.1 Å². The SMILES string of the molecule is Cc1ccccc1CCN1CCC(CCC(=O)c2cc3c4c(c2)CCN4C(=O)CC3)CC1.Cl. The summed E-state index contributed by atoms with van der Waals surface area (Å²) < 4.78 is 0. The molecule has 2 aromatic carbocycles. The molecule has 3 aliphatic heterocycles. The van der Waals surface area contributed by atoms with Crippen molar-refractivity contribution in [2.24, 2.45) is 5.92 Å². The van der Waals surface area contributed by atoms with E-state index in [1.807, 2.05) is 4.90 Å². The molecule has 0 unspecified atom stereocenters. The summed E-state index contributed by atoms with van der Waals surface area (Å²) in [5.41, 5.74) is 7.22. The highest BCUT2D eigenvalue weighted by molar-refractivity contribution is 6.02. The van der Waals surface area contributed by atoms with Crippen molar-refractivity contribution in [3.63, 3.8) is 0 Å². The van der Waals surface area contributed by atoms with Gasteiger partial charge in [-0.15, -0.1) is 12.4 Å². The second kappa shape index (κ2) is 10.4. The molecule has 1 fully saturated rings. The molecule has 0 aromatic heterocycles. The zero-order chi connectivity index (χ0) is 22.1. The van der Waals surface area contributed by atoms with Crippen molar-refractivity contribution >= 4 is 29.8 Å². The normalized spacial score (nSPS) is 18.2. The van der Waals surface area contributed by atoms with Crippen LogP contribution >= 0.6 is 12.4 Å². The van der Waals surface area contributed by atoms with Crippen LogP contribution in [0.15, 0.2) is 36.4 Å². The highest BCUT2D eigenvalue weighted by Gasteiger charge is 2.32. The summed E-state index contributed by atoms with van der Waals surface area (Å²) in [5, 5.41) is 0. The van der Waals surface area contributed by atoms with Crippen LogP contribution in [-0.4, -0.2) is 42.8 Å². The number of carbonyl (C=O) groups is 2. The lowest BCUT2D eigenvalue weighted by molar-refractivity contribution is -0.118. The molecule has 0 aliphatic carbocycles. The van der Waals surface area contributed by atoms with Crippen molar-refractivity contribution in [1.29, 1.82) is 0 Å². The van der Waals surface area contributed by atoms with E-state index in [2.05, 4.69) is 48.2 Å². The first-order chi connectivity index (χ1) is 15.6. The average Bonchev–Trinajstić information content (AvgIpc) is 3.25. The maximum atomic E-state index is 13.0. The van der Waals surface area contributed by atoms with E-state index in [0.717, 1.165) is 63.1 Å². The fourth-order valence-electron chi connectivity index (χ4n) is 5.77. The zero-order valence-corrected chi connectivity index (χ0v) is 20.5. The molecule has 2 aromatic rings. The van der Waals surface area contributed by atoms with Crippen molar-refractivity contribution in [3.05, 3.63) is 64.2 Å². The van der Waals surface area contributed by atoms with Gasteiger partial charge in [0.1, 0.15) is 0 Å². The number of carbonyl (C=O) groups excluding carboxylic acids is 2. The highest BCUT2D eigenvalue weighted by Crippen LogP contribution is 2.38. The Morgan fingerprint density at radius 2 is 1.73 bits per heavy atom. The number of halogens is 1. The zero-order valence-electron chi connectivity index (χ0n) is 19.6. The number of hydrogen-bond donors (Lipinski definition) is 0. The quantitative estimate of drug-likeness (QED) is 0.528. The molecule has 5 heteroatoms. The van der Waals surface area contributed by atoms with Crippen molar-refractivity contribution in [2.75, 3.05) is 31.1 Å². The lowest BCUT2D eigenvalue weighted by atomic mass is 9.89. The minimum absolute atomic E-state index is 0. The number of rotatable bonds is 7. The lowest BCUT2D eigenvalue weighted by Gasteiger charge is -2.32. The minimum Gasteiger partial charge on any atom is -0.312 e. The van der Waals surface area contributed by atoms with Gasteiger partial charge in [0, 0.05) is 31.5 Å². The van der Waals surface area contributed by atoms with Crippen molar-refractivity contribution < 1.29 is 9.59 Å². The maximum Gasteiger partial charge on any atom is 0.227 e. The number of piperidine rings is 1. The first kappa shape index (κ1) is 24.0. The van der Waals surface area contributed by atoms with Crippen molar-refractivity contribution in [1.82, 2.24) is 4.90 Å². The Hall–Kier alpha value is -2.17. The number of anilines is 1. The van der Waals surface area contributed by atoms with Gasteiger partial charge in [-0.2, -0.15) is 0 Å². The van der Waals surface area contributed by atoms with Gasteiger partial charge in [-0.1, -0.05) is 24.3 Å². The summed E-state index contributed by atoms with van der Waals surface area (Å²) in [6.07, 6.45) is 7.42. The first-order valence-corrected chi connectivity index (χ1v) is 12.3. The Kier molecular flexibility index (Phi) is 7.55. The van der Waals surface area contributed by atoms with E-state index in [-0.39, 0.29) is 24.1 Å². The molecule has 3 aliphatic rings. The third-order valence-corrected chi connectivity index (χ3v) is 7.82. The second-order valence-corrected chi connectivity index (χ2v) is 9.86. The van der Waals surface area contributed by atoms with Gasteiger partial charge in [-0.05, 0) is 98.8 Å². The van der Waals surface area contributed by atoms with E-state index in [9.17, 15) is 9.59 Å². The number of likely N-dealkylation sites (tertiary alicyclic amines) is 1. The molecule has 0 saturated carbocycles. The minimum atomic E-state index is 0. The highest BCUT2D eigenvalue weighted by atomic mass is 35.5. The Balaban J connectivity index is 0.00000259. The Labute approximate surface area is 203 Å². The van der Waals surface area contributed by atoms with Gasteiger partial charge in [0.05, 0.1) is 5.69 Å². The summed E-state index contributed by atoms with van der Waals surface area (Å²) in [7, 11) is 0. The van der Waals surface area contributed by atoms with E-state index in [0.29, 0.717) is 18.8 Å². The largest absolute Gasteiger partial charge is 0.312 e. The van der Waals surface area contributed by atoms with Gasteiger partial charge in [0.25, 0.3) is 0 Å². The molecule has 0 radical (unpaired) electrons. The number of hydrogen-bond acceptors (Lipinski definition) is 3. The monoisotopic (exact) mass is 466 g/mol. The topological polar surface area (TPSA) is 40.6 Å². The van der Waals surface area contributed by atoms with E-state index >= 15 is 0 Å². The molecule has 0 bridgehead atoms. The summed E-state index contributed by atoms with van der Waals surface area (Å²) in [6, 6.07) is 12.8. The van der Waals surface area contributed by atoms with Crippen molar-refractivity contribution in [2.45, 2.75) is 58.3 Å². The molecule has 4 nitrogen and oxygen atoms in total. The average molecular weight is 467 g/mol. The predicted molar refractivity (Wildman–Crippen MR) is 136 cm³/mol. The maximum absolute atomic E-state index is 13.0. The van der Waals surface area contributed by atoms with Crippen LogP contribution in [0, 0.1) is 12.8 Å². The van der Waals surface area contributed by atoms with E-state index < -0.39 is 0 Å². The number of Topliss-reactive ketones (excluding diaryl/α,β-unsaturated/α-hetero) is 1. The summed E-state index contributed by atoms with van der Waals surface area (Å²) in [6.45, 7) is 6.41. The molecular formula is C28H35ClN2O2. The van der Waals surface area contributed by atoms with Crippen LogP contribution in [0.4, 0.5) is 5.69 Å². The molecule has 5 rings (SSSR count). The van der Waals surface area contributed by atoms with Crippen LogP contribution in [-0.2, 0) is 24.1 Å². The Bertz CT molecular complexity index is 1030. The summed E-state index contributed by atoms with van der Waals surface area (Å²) in [5.74, 6) is 1.18. The summed E-state index contributed by atoms with van der Waals surface area (Å²) in [4.78, 5) is 29.6. The standard InChI is InChI=1S/C28H34N2O2.ClH/c1-20-4-2-3-5-22(20)12-16-29-14-10-21(11-15-29)6-8-26(31)25-18-23-7-9-27(32)30-17-13-24(19-25)28(23)30;/h2-5,18-19,21H,6-17H2,1H3;1H. The van der Waals surface area contributed by atoms with Crippen LogP contribution in [0.25, 0.3) is 0 Å². The predicted octanol–water partition coefficient (Wildman–Crippen LogP) is 5.17. The fraction of sp³-hybridized carbons (Fsp3) is 0.500. The molecule has 176 valence electrons. The smallest absolute Gasteiger partial charge is 0.227 e. The number of amides is 1. The molecule has 0 atom stereocenters. The number of ketones is 1. The molecule has 0 spiro atoms. The lowest BCUT2D eigenvalue weighted by Crippen LogP contribution is -2.35. The van der Waals surface area contributed by atoms with Crippen LogP contribution in [0.1, 0.15) is 64.7 Å². The van der Waals surface area contributed by atoms with Crippen LogP contribution in [0.2, 0.25) is 0 Å². The van der Waals surface area contributed by atoms with E-state index in [4.69, 9.17) is 0 Å². The number of aryl methyl sites for hydroxylation is 2. The van der Waals surface area contributed by atoms with Gasteiger partial charge in [-0.3, -0.25) is 9.59 Å². The molecule has 0 N–H and O–H groups in total. The van der Waals surface area contributed by atoms with Gasteiger partial charge in [-0.25, -0.2) is 0 Å². The summed E-state index contributed by atoms with van der Waals surface area (Å²) >= 11 is 0. The van der Waals surface area contributed by atoms with Crippen molar-refractivity contribution in [3.8, 4) is 0 Å². The molecule has 33 heavy (non-hydrogen) atoms. The number of benzene rings is 2. The van der Waals surface area contributed by atoms with Gasteiger partial charge in [0.2, 0.25) is 5.91 Å². The van der Waals surface area contributed by atoms with Crippen LogP contribution in [0.3, 0.4) is 0 Å². The Morgan fingerprint density at radius 1 is 1.00 bits per heavy atom. The number of nitrogens with zero attached hydrogens (tertiary/aromatic N) is 2. The molecule has 1 saturated heterocycles. The third-order valence-electron chi connectivity index (χ3n) is 7.82. The van der Waals surface area contributed by atoms with Gasteiger partial charge < -0.3 is 9.80 Å².